The summed E-state index contributed by atoms with van der Waals surface area (Å²) >= 11 is 6.22. The zero-order chi connectivity index (χ0) is 29.4. The molecular formula is C27H34ClN5O7S. The van der Waals surface area contributed by atoms with Crippen LogP contribution in [0.5, 0.6) is 0 Å². The fourth-order valence-electron chi connectivity index (χ4n) is 5.89. The number of amides is 2. The molecule has 1 aromatic rings. The number of hydroxylamine groups is 2. The maximum Gasteiger partial charge on any atom is 0.527 e. The van der Waals surface area contributed by atoms with Gasteiger partial charge in [0.25, 0.3) is 0 Å². The molecule has 14 heteroatoms. The monoisotopic (exact) mass is 607 g/mol. The number of hydrogen-bond acceptors (Lipinski definition) is 10. The molecule has 3 aliphatic heterocycles. The second-order valence-corrected chi connectivity index (χ2v) is 13.6. The van der Waals surface area contributed by atoms with Crippen LogP contribution < -0.4 is 5.32 Å². The summed E-state index contributed by atoms with van der Waals surface area (Å²) in [6, 6.07) is 6.84. The largest absolute Gasteiger partial charge is 0.527 e. The molecule has 0 spiro atoms. The topological polar surface area (TPSA) is 149 Å². The molecule has 4 fully saturated rings. The highest BCUT2D eigenvalue weighted by molar-refractivity contribution is 7.92. The van der Waals surface area contributed by atoms with Gasteiger partial charge in [0.1, 0.15) is 11.6 Å². The number of carbonyl (C=O) groups is 3. The summed E-state index contributed by atoms with van der Waals surface area (Å²) in [4.78, 5) is 47.6. The van der Waals surface area contributed by atoms with E-state index in [2.05, 4.69) is 16.3 Å². The van der Waals surface area contributed by atoms with Gasteiger partial charge in [0.2, 0.25) is 11.8 Å². The van der Waals surface area contributed by atoms with E-state index in [1.165, 1.54) is 17.0 Å². The summed E-state index contributed by atoms with van der Waals surface area (Å²) in [6.07, 6.45) is 2.14. The predicted molar refractivity (Wildman–Crippen MR) is 146 cm³/mol. The molecule has 0 aromatic heterocycles. The molecule has 3 heterocycles. The zero-order valence-corrected chi connectivity index (χ0v) is 24.4. The Labute approximate surface area is 244 Å². The van der Waals surface area contributed by atoms with Crippen molar-refractivity contribution in [3.8, 4) is 6.07 Å². The van der Waals surface area contributed by atoms with Crippen molar-refractivity contribution in [2.45, 2.75) is 79.3 Å². The van der Waals surface area contributed by atoms with Crippen molar-refractivity contribution >= 4 is 39.4 Å². The highest BCUT2D eigenvalue weighted by atomic mass is 35.5. The lowest BCUT2D eigenvalue weighted by Crippen LogP contribution is -2.63. The van der Waals surface area contributed by atoms with E-state index < -0.39 is 44.8 Å². The van der Waals surface area contributed by atoms with Crippen molar-refractivity contribution in [2.75, 3.05) is 32.8 Å². The van der Waals surface area contributed by atoms with Crippen molar-refractivity contribution in [1.82, 2.24) is 20.2 Å². The van der Waals surface area contributed by atoms with E-state index in [0.29, 0.717) is 51.7 Å². The molecule has 1 N–H and O–H groups in total. The Morgan fingerprint density at radius 1 is 1.12 bits per heavy atom. The van der Waals surface area contributed by atoms with Crippen LogP contribution >= 0.6 is 11.6 Å². The lowest BCUT2D eigenvalue weighted by molar-refractivity contribution is -0.158. The Balaban J connectivity index is 1.30. The minimum absolute atomic E-state index is 0.0297. The fourth-order valence-corrected chi connectivity index (χ4v) is 8.11. The Morgan fingerprint density at radius 3 is 2.41 bits per heavy atom. The average molecular weight is 608 g/mol. The van der Waals surface area contributed by atoms with Gasteiger partial charge in [-0.15, -0.1) is 5.06 Å². The second kappa shape index (κ2) is 11.8. The van der Waals surface area contributed by atoms with Gasteiger partial charge in [-0.2, -0.15) is 5.26 Å². The molecule has 3 saturated heterocycles. The van der Waals surface area contributed by atoms with Crippen molar-refractivity contribution in [2.24, 2.45) is 0 Å². The average Bonchev–Trinajstić information content (AvgIpc) is 3.53. The summed E-state index contributed by atoms with van der Waals surface area (Å²) in [5.74, 6) is -0.801. The van der Waals surface area contributed by atoms with Gasteiger partial charge in [-0.25, -0.2) is 13.2 Å². The van der Waals surface area contributed by atoms with Crippen molar-refractivity contribution in [3.05, 3.63) is 29.3 Å². The molecule has 0 bridgehead atoms. The number of nitrogens with one attached hydrogen (secondary N) is 1. The Morgan fingerprint density at radius 2 is 1.83 bits per heavy atom. The molecule has 1 aromatic carbocycles. The van der Waals surface area contributed by atoms with Gasteiger partial charge in [0.15, 0.2) is 9.84 Å². The van der Waals surface area contributed by atoms with Gasteiger partial charge < -0.3 is 19.8 Å². The number of carbonyl (C=O) groups excluding carboxylic acids is 3. The predicted octanol–water partition coefficient (Wildman–Crippen LogP) is 1.88. The van der Waals surface area contributed by atoms with Crippen LogP contribution in [0.15, 0.2) is 29.2 Å². The van der Waals surface area contributed by atoms with Crippen molar-refractivity contribution < 1.29 is 32.4 Å². The maximum atomic E-state index is 13.9. The normalized spacial score (nSPS) is 26.5. The van der Waals surface area contributed by atoms with E-state index in [1.807, 2.05) is 0 Å². The molecule has 222 valence electrons. The van der Waals surface area contributed by atoms with Crippen LogP contribution in [-0.2, 0) is 29.0 Å². The van der Waals surface area contributed by atoms with Crippen LogP contribution in [0.2, 0.25) is 5.02 Å². The van der Waals surface area contributed by atoms with Gasteiger partial charge in [0, 0.05) is 32.2 Å². The maximum absolute atomic E-state index is 13.9. The number of rotatable bonds is 8. The summed E-state index contributed by atoms with van der Waals surface area (Å²) < 4.78 is 32.0. The molecule has 1 saturated carbocycles. The number of nitrogens with zero attached hydrogens (tertiary/aromatic N) is 4. The number of piperidine rings is 1. The Kier molecular flexibility index (Phi) is 8.48. The second-order valence-electron chi connectivity index (χ2n) is 11.0. The molecule has 4 aliphatic rings. The van der Waals surface area contributed by atoms with E-state index in [-0.39, 0.29) is 41.4 Å². The van der Waals surface area contributed by atoms with Crippen LogP contribution in [0.25, 0.3) is 0 Å². The van der Waals surface area contributed by atoms with E-state index in [4.69, 9.17) is 21.2 Å². The number of likely N-dealkylation sites (tertiary alicyclic amines) is 2. The number of benzene rings is 1. The molecule has 3 atom stereocenters. The van der Waals surface area contributed by atoms with Crippen LogP contribution in [0.4, 0.5) is 4.79 Å². The van der Waals surface area contributed by atoms with Crippen molar-refractivity contribution in [3.63, 3.8) is 0 Å². The first kappa shape index (κ1) is 29.6. The van der Waals surface area contributed by atoms with Crippen LogP contribution in [0, 0.1) is 11.3 Å². The number of hydrogen-bond donors (Lipinski definition) is 1. The van der Waals surface area contributed by atoms with Gasteiger partial charge in [-0.1, -0.05) is 23.7 Å². The first-order valence-corrected chi connectivity index (χ1v) is 15.9. The highest BCUT2D eigenvalue weighted by Crippen LogP contribution is 2.37. The standard InChI is InChI=1S/C27H34ClN5O7S/c1-2-39-26(36)40-31-12-7-18(8-13-31)32-14-9-21(32)25(35)33-16-19(41(37,38)23-6-4-3-5-20(23)28)15-22(33)24(34)30-27(17-29)10-11-27/h3-6,18-19,21-22H,2,7-16H2,1H3,(H,30,34)/t19-,21?,22+/m1/s1. The van der Waals surface area contributed by atoms with Gasteiger partial charge in [-0.3, -0.25) is 14.5 Å². The summed E-state index contributed by atoms with van der Waals surface area (Å²) in [6.45, 7) is 3.46. The van der Waals surface area contributed by atoms with E-state index in [1.54, 1.807) is 24.1 Å². The van der Waals surface area contributed by atoms with Crippen molar-refractivity contribution in [1.29, 1.82) is 5.26 Å². The highest BCUT2D eigenvalue weighted by Gasteiger charge is 2.52. The first-order valence-electron chi connectivity index (χ1n) is 14.0. The summed E-state index contributed by atoms with van der Waals surface area (Å²) in [5.41, 5.74) is -0.951. The minimum Gasteiger partial charge on any atom is -0.433 e. The molecule has 5 rings (SSSR count). The van der Waals surface area contributed by atoms with Gasteiger partial charge in [0.05, 0.1) is 33.9 Å². The molecule has 41 heavy (non-hydrogen) atoms. The van der Waals surface area contributed by atoms with Gasteiger partial charge >= 0.3 is 6.16 Å². The van der Waals surface area contributed by atoms with E-state index >= 15 is 0 Å². The fraction of sp³-hybridized carbons (Fsp3) is 0.630. The summed E-state index contributed by atoms with van der Waals surface area (Å²) in [7, 11) is -3.95. The molecule has 0 radical (unpaired) electrons. The summed E-state index contributed by atoms with van der Waals surface area (Å²) in [5, 5.41) is 12.9. The van der Waals surface area contributed by atoms with Gasteiger partial charge in [-0.05, 0) is 57.6 Å². The quantitative estimate of drug-likeness (QED) is 0.434. The SMILES string of the molecule is CCOC(=O)ON1CCC(N2CCC2C(=O)N2C[C@H](S(=O)(=O)c3ccccc3Cl)C[C@H]2C(=O)NC2(C#N)CC2)CC1. The first-order chi connectivity index (χ1) is 19.6. The lowest BCUT2D eigenvalue weighted by Gasteiger charge is -2.48. The third kappa shape index (κ3) is 6.02. The molecule has 12 nitrogen and oxygen atoms in total. The van der Waals surface area contributed by atoms with E-state index in [9.17, 15) is 28.1 Å². The smallest absolute Gasteiger partial charge is 0.433 e. The Hall–Kier alpha value is -2.92. The van der Waals surface area contributed by atoms with Crippen LogP contribution in [0.1, 0.15) is 45.4 Å². The minimum atomic E-state index is -3.95. The number of halogens is 1. The van der Waals surface area contributed by atoms with Crippen LogP contribution in [0.3, 0.4) is 0 Å². The number of ether oxygens (including phenoxy) is 1. The molecule has 1 aliphatic carbocycles. The zero-order valence-electron chi connectivity index (χ0n) is 22.8. The number of nitriles is 1. The lowest BCUT2D eigenvalue weighted by atomic mass is 9.93. The van der Waals surface area contributed by atoms with E-state index in [0.717, 1.165) is 0 Å². The molecule has 2 amide bonds. The molecular weight excluding hydrogens is 574 g/mol. The van der Waals surface area contributed by atoms with Crippen LogP contribution in [-0.4, -0.2) is 103 Å². The number of sulfone groups is 1. The Bertz CT molecular complexity index is 1340. The third-order valence-corrected chi connectivity index (χ3v) is 11.1. The third-order valence-electron chi connectivity index (χ3n) is 8.46. The molecule has 1 unspecified atom stereocenters.